The summed E-state index contributed by atoms with van der Waals surface area (Å²) in [5.41, 5.74) is 0. The van der Waals surface area contributed by atoms with Crippen LogP contribution in [0.2, 0.25) is 0 Å². The van der Waals surface area contributed by atoms with Crippen molar-refractivity contribution in [1.29, 1.82) is 0 Å². The van der Waals surface area contributed by atoms with Crippen LogP contribution in [0.15, 0.2) is 0 Å². The summed E-state index contributed by atoms with van der Waals surface area (Å²) in [6.07, 6.45) is 5.48. The molecule has 0 amide bonds. The van der Waals surface area contributed by atoms with Crippen LogP contribution in [-0.4, -0.2) is 37.6 Å². The third kappa shape index (κ3) is 4.89. The fraction of sp³-hybridized carbons (Fsp3) is 1.00. The van der Waals surface area contributed by atoms with E-state index >= 15 is 0 Å². The Kier molecular flexibility index (Phi) is 7.25. The average molecular weight is 254 g/mol. The lowest BCUT2D eigenvalue weighted by Crippen LogP contribution is -2.45. The molecule has 108 valence electrons. The van der Waals surface area contributed by atoms with E-state index in [1.165, 1.54) is 38.8 Å². The minimum atomic E-state index is 0.754. The van der Waals surface area contributed by atoms with Gasteiger partial charge in [0.05, 0.1) is 0 Å². The lowest BCUT2D eigenvalue weighted by molar-refractivity contribution is 0.133. The molecule has 1 N–H and O–H groups in total. The van der Waals surface area contributed by atoms with Gasteiger partial charge in [0.2, 0.25) is 0 Å². The molecule has 1 aliphatic carbocycles. The van der Waals surface area contributed by atoms with E-state index in [2.05, 4.69) is 45.0 Å². The molecule has 0 heterocycles. The molecule has 2 nitrogen and oxygen atoms in total. The number of nitrogens with one attached hydrogen (secondary N) is 1. The SMILES string of the molecule is CCCN(C)CC1CC(C(C)C)CCC1NCC. The Hall–Kier alpha value is -0.0800. The first kappa shape index (κ1) is 16.0. The minimum absolute atomic E-state index is 0.754. The molecule has 3 unspecified atom stereocenters. The van der Waals surface area contributed by atoms with E-state index in [0.29, 0.717) is 0 Å². The molecule has 1 aliphatic rings. The fourth-order valence-electron chi connectivity index (χ4n) is 3.51. The van der Waals surface area contributed by atoms with Crippen LogP contribution >= 0.6 is 0 Å². The zero-order valence-electron chi connectivity index (χ0n) is 13.2. The predicted octanol–water partition coefficient (Wildman–Crippen LogP) is 3.38. The molecule has 2 heteroatoms. The van der Waals surface area contributed by atoms with Gasteiger partial charge in [0.15, 0.2) is 0 Å². The van der Waals surface area contributed by atoms with Crippen LogP contribution < -0.4 is 5.32 Å². The van der Waals surface area contributed by atoms with E-state index in [-0.39, 0.29) is 0 Å². The second-order valence-electron chi connectivity index (χ2n) is 6.50. The lowest BCUT2D eigenvalue weighted by Gasteiger charge is -2.40. The summed E-state index contributed by atoms with van der Waals surface area (Å²) in [6, 6.07) is 0.754. The number of rotatable bonds is 7. The molecule has 1 rings (SSSR count). The molecule has 0 bridgehead atoms. The Morgan fingerprint density at radius 1 is 1.22 bits per heavy atom. The van der Waals surface area contributed by atoms with Gasteiger partial charge in [-0.2, -0.15) is 0 Å². The maximum Gasteiger partial charge on any atom is 0.0108 e. The highest BCUT2D eigenvalue weighted by Crippen LogP contribution is 2.34. The van der Waals surface area contributed by atoms with Crippen LogP contribution in [0.3, 0.4) is 0 Å². The molecule has 0 aromatic carbocycles. The van der Waals surface area contributed by atoms with Crippen LogP contribution in [0.1, 0.15) is 53.4 Å². The molecule has 0 radical (unpaired) electrons. The lowest BCUT2D eigenvalue weighted by atomic mass is 9.73. The van der Waals surface area contributed by atoms with E-state index in [1.807, 2.05) is 0 Å². The van der Waals surface area contributed by atoms with Crippen molar-refractivity contribution in [2.75, 3.05) is 26.7 Å². The van der Waals surface area contributed by atoms with Crippen molar-refractivity contribution >= 4 is 0 Å². The molecule has 1 saturated carbocycles. The highest BCUT2D eigenvalue weighted by Gasteiger charge is 2.31. The summed E-state index contributed by atoms with van der Waals surface area (Å²) >= 11 is 0. The summed E-state index contributed by atoms with van der Waals surface area (Å²) < 4.78 is 0. The number of nitrogens with zero attached hydrogens (tertiary/aromatic N) is 1. The zero-order chi connectivity index (χ0) is 13.5. The van der Waals surface area contributed by atoms with Crippen LogP contribution in [-0.2, 0) is 0 Å². The topological polar surface area (TPSA) is 15.3 Å². The highest BCUT2D eigenvalue weighted by molar-refractivity contribution is 4.87. The third-order valence-corrected chi connectivity index (χ3v) is 4.58. The van der Waals surface area contributed by atoms with Gasteiger partial charge in [0, 0.05) is 12.6 Å². The molecule has 18 heavy (non-hydrogen) atoms. The summed E-state index contributed by atoms with van der Waals surface area (Å²) in [5, 5.41) is 3.71. The Morgan fingerprint density at radius 2 is 1.94 bits per heavy atom. The van der Waals surface area contributed by atoms with Gasteiger partial charge in [-0.15, -0.1) is 0 Å². The Morgan fingerprint density at radius 3 is 2.50 bits per heavy atom. The van der Waals surface area contributed by atoms with E-state index < -0.39 is 0 Å². The summed E-state index contributed by atoms with van der Waals surface area (Å²) in [5.74, 6) is 2.65. The molecular formula is C16H34N2. The molecule has 3 atom stereocenters. The smallest absolute Gasteiger partial charge is 0.0108 e. The normalized spacial score (nSPS) is 29.2. The summed E-state index contributed by atoms with van der Waals surface area (Å²) in [6.45, 7) is 12.9. The largest absolute Gasteiger partial charge is 0.314 e. The van der Waals surface area contributed by atoms with Crippen molar-refractivity contribution in [3.8, 4) is 0 Å². The second kappa shape index (κ2) is 8.16. The Bertz CT molecular complexity index is 215. The van der Waals surface area contributed by atoms with Gasteiger partial charge in [-0.25, -0.2) is 0 Å². The molecule has 0 aromatic heterocycles. The van der Waals surface area contributed by atoms with E-state index in [4.69, 9.17) is 0 Å². The van der Waals surface area contributed by atoms with Crippen LogP contribution in [0, 0.1) is 17.8 Å². The van der Waals surface area contributed by atoms with Gasteiger partial charge in [-0.1, -0.05) is 27.7 Å². The fourth-order valence-corrected chi connectivity index (χ4v) is 3.51. The third-order valence-electron chi connectivity index (χ3n) is 4.58. The van der Waals surface area contributed by atoms with Crippen molar-refractivity contribution < 1.29 is 0 Å². The molecule has 0 aliphatic heterocycles. The van der Waals surface area contributed by atoms with Gasteiger partial charge in [-0.3, -0.25) is 0 Å². The summed E-state index contributed by atoms with van der Waals surface area (Å²) in [4.78, 5) is 2.53. The standard InChI is InChI=1S/C16H34N2/c1-6-10-18(5)12-15-11-14(13(3)4)8-9-16(15)17-7-2/h13-17H,6-12H2,1-5H3. The number of hydrogen-bond acceptors (Lipinski definition) is 2. The average Bonchev–Trinajstić information content (AvgIpc) is 2.31. The Labute approximate surface area is 115 Å². The summed E-state index contributed by atoms with van der Waals surface area (Å²) in [7, 11) is 2.28. The van der Waals surface area contributed by atoms with Gasteiger partial charge in [0.25, 0.3) is 0 Å². The molecule has 0 aromatic rings. The monoisotopic (exact) mass is 254 g/mol. The van der Waals surface area contributed by atoms with Crippen molar-refractivity contribution in [3.05, 3.63) is 0 Å². The van der Waals surface area contributed by atoms with Crippen molar-refractivity contribution in [3.63, 3.8) is 0 Å². The molecule has 0 spiro atoms. The van der Waals surface area contributed by atoms with Crippen molar-refractivity contribution in [2.45, 2.75) is 59.4 Å². The van der Waals surface area contributed by atoms with Crippen molar-refractivity contribution in [1.82, 2.24) is 10.2 Å². The van der Waals surface area contributed by atoms with E-state index in [0.717, 1.165) is 30.3 Å². The van der Waals surface area contributed by atoms with E-state index in [1.54, 1.807) is 0 Å². The van der Waals surface area contributed by atoms with Crippen molar-refractivity contribution in [2.24, 2.45) is 17.8 Å². The van der Waals surface area contributed by atoms with Gasteiger partial charge >= 0.3 is 0 Å². The van der Waals surface area contributed by atoms with Gasteiger partial charge in [-0.05, 0) is 63.6 Å². The Balaban J connectivity index is 2.54. The second-order valence-corrected chi connectivity index (χ2v) is 6.50. The highest BCUT2D eigenvalue weighted by atomic mass is 15.1. The van der Waals surface area contributed by atoms with Crippen LogP contribution in [0.5, 0.6) is 0 Å². The quantitative estimate of drug-likeness (QED) is 0.749. The maximum absolute atomic E-state index is 3.71. The van der Waals surface area contributed by atoms with E-state index in [9.17, 15) is 0 Å². The molecular weight excluding hydrogens is 220 g/mol. The minimum Gasteiger partial charge on any atom is -0.314 e. The first-order valence-corrected chi connectivity index (χ1v) is 8.00. The van der Waals surface area contributed by atoms with Crippen LogP contribution in [0.4, 0.5) is 0 Å². The van der Waals surface area contributed by atoms with Gasteiger partial charge in [0.1, 0.15) is 0 Å². The van der Waals surface area contributed by atoms with Crippen LogP contribution in [0.25, 0.3) is 0 Å². The predicted molar refractivity (Wildman–Crippen MR) is 80.9 cm³/mol. The first-order chi connectivity index (χ1) is 8.58. The van der Waals surface area contributed by atoms with Gasteiger partial charge < -0.3 is 10.2 Å². The molecule has 0 saturated heterocycles. The number of hydrogen-bond donors (Lipinski definition) is 1. The first-order valence-electron chi connectivity index (χ1n) is 8.00. The zero-order valence-corrected chi connectivity index (χ0v) is 13.2. The molecule has 1 fully saturated rings. The maximum atomic E-state index is 3.71.